The van der Waals surface area contributed by atoms with Crippen LogP contribution in [-0.2, 0) is 0 Å². The number of piperidine rings is 1. The average molecular weight is 527 g/mol. The Morgan fingerprint density at radius 3 is 2.60 bits per heavy atom. The van der Waals surface area contributed by atoms with E-state index < -0.39 is 0 Å². The van der Waals surface area contributed by atoms with Crippen LogP contribution in [0.5, 0.6) is 17.2 Å². The first-order valence-electron chi connectivity index (χ1n) is 9.70. The van der Waals surface area contributed by atoms with Gasteiger partial charge in [-0.25, -0.2) is 9.78 Å². The number of anilines is 2. The highest BCUT2D eigenvalue weighted by molar-refractivity contribution is 14.1. The Morgan fingerprint density at radius 1 is 1.30 bits per heavy atom. The summed E-state index contributed by atoms with van der Waals surface area (Å²) in [5, 5.41) is 12.2. The van der Waals surface area contributed by atoms with Gasteiger partial charge in [-0.05, 0) is 53.5 Å². The second-order valence-corrected chi connectivity index (χ2v) is 8.54. The minimum Gasteiger partial charge on any atom is -0.496 e. The lowest BCUT2D eigenvalue weighted by atomic mass is 10.0. The van der Waals surface area contributed by atoms with Crippen LogP contribution in [0.15, 0.2) is 18.3 Å². The first-order valence-corrected chi connectivity index (χ1v) is 10.8. The molecule has 1 aliphatic rings. The number of methoxy groups -OCH3 is 1. The smallest absolute Gasteiger partial charge is 0.324 e. The van der Waals surface area contributed by atoms with Crippen molar-refractivity contribution in [3.63, 3.8) is 0 Å². The minimum absolute atomic E-state index is 0.101. The molecular formula is C20H26IN5O4. The molecule has 4 N–H and O–H groups in total. The van der Waals surface area contributed by atoms with Crippen LogP contribution >= 0.6 is 22.6 Å². The lowest BCUT2D eigenvalue weighted by molar-refractivity contribution is 0.0971. The summed E-state index contributed by atoms with van der Waals surface area (Å²) in [7, 11) is 1.63. The van der Waals surface area contributed by atoms with Gasteiger partial charge in [-0.3, -0.25) is 5.32 Å². The molecule has 2 amide bonds. The number of nitrogens with zero attached hydrogens (tertiary/aromatic N) is 3. The minimum atomic E-state index is -0.353. The molecule has 10 heteroatoms. The summed E-state index contributed by atoms with van der Waals surface area (Å²) >= 11 is 2.18. The number of carbonyl (C=O) groups excluding carboxylic acids is 1. The summed E-state index contributed by atoms with van der Waals surface area (Å²) in [6, 6.07) is 3.51. The number of amides is 2. The molecular weight excluding hydrogens is 501 g/mol. The molecule has 9 nitrogen and oxygen atoms in total. The molecule has 1 aromatic carbocycles. The van der Waals surface area contributed by atoms with E-state index in [1.807, 2.05) is 12.1 Å². The van der Waals surface area contributed by atoms with Crippen LogP contribution in [0, 0.1) is 3.57 Å². The Balaban J connectivity index is 1.75. The molecule has 0 spiro atoms. The summed E-state index contributed by atoms with van der Waals surface area (Å²) in [5.41, 5.74) is 7.03. The molecule has 0 saturated carbocycles. The third-order valence-corrected chi connectivity index (χ3v) is 5.72. The molecule has 1 saturated heterocycles. The van der Waals surface area contributed by atoms with Crippen LogP contribution in [0.25, 0.3) is 0 Å². The number of hydrogen-bond donors (Lipinski definition) is 3. The standard InChI is InChI=1S/C20H26IN5O4/c1-11(2)13-8-16(29-3)14(21)9-15(13)30-17-10-23-19(24-18(17)22)25-20(28)26-6-4-12(27)5-7-26/h8-12,27H,4-7H2,1-3H3,(H3,22,23,24,25,28). The molecule has 0 atom stereocenters. The molecule has 1 aromatic heterocycles. The lowest BCUT2D eigenvalue weighted by Crippen LogP contribution is -2.42. The summed E-state index contributed by atoms with van der Waals surface area (Å²) in [6.07, 6.45) is 2.21. The van der Waals surface area contributed by atoms with Crippen molar-refractivity contribution in [1.82, 2.24) is 14.9 Å². The topological polar surface area (TPSA) is 123 Å². The van der Waals surface area contributed by atoms with Crippen molar-refractivity contribution in [3.05, 3.63) is 27.5 Å². The number of aromatic nitrogens is 2. The van der Waals surface area contributed by atoms with Gasteiger partial charge in [0.05, 0.1) is 23.0 Å². The van der Waals surface area contributed by atoms with Gasteiger partial charge in [-0.2, -0.15) is 4.98 Å². The van der Waals surface area contributed by atoms with Gasteiger partial charge in [-0.1, -0.05) is 13.8 Å². The van der Waals surface area contributed by atoms with E-state index in [9.17, 15) is 9.90 Å². The second-order valence-electron chi connectivity index (χ2n) is 7.37. The average Bonchev–Trinajstić information content (AvgIpc) is 2.70. The van der Waals surface area contributed by atoms with Crippen molar-refractivity contribution < 1.29 is 19.4 Å². The maximum Gasteiger partial charge on any atom is 0.324 e. The molecule has 162 valence electrons. The number of nitrogens with one attached hydrogen (secondary N) is 1. The predicted molar refractivity (Wildman–Crippen MR) is 122 cm³/mol. The quantitative estimate of drug-likeness (QED) is 0.508. The number of urea groups is 1. The van der Waals surface area contributed by atoms with Gasteiger partial charge < -0.3 is 25.2 Å². The van der Waals surface area contributed by atoms with Gasteiger partial charge in [0.2, 0.25) is 5.95 Å². The number of halogens is 1. The number of aliphatic hydroxyl groups excluding tert-OH is 1. The Labute approximate surface area is 189 Å². The van der Waals surface area contributed by atoms with Crippen molar-refractivity contribution >= 4 is 40.4 Å². The number of aliphatic hydroxyl groups is 1. The van der Waals surface area contributed by atoms with Gasteiger partial charge in [-0.15, -0.1) is 0 Å². The van der Waals surface area contributed by atoms with E-state index in [-0.39, 0.29) is 29.8 Å². The summed E-state index contributed by atoms with van der Waals surface area (Å²) < 4.78 is 12.3. The first kappa shape index (κ1) is 22.3. The van der Waals surface area contributed by atoms with E-state index in [4.69, 9.17) is 15.2 Å². The zero-order valence-corrected chi connectivity index (χ0v) is 19.3. The van der Waals surface area contributed by atoms with Crippen LogP contribution in [0.2, 0.25) is 0 Å². The maximum absolute atomic E-state index is 12.3. The predicted octanol–water partition coefficient (Wildman–Crippen LogP) is 3.58. The van der Waals surface area contributed by atoms with Crippen LogP contribution < -0.4 is 20.5 Å². The van der Waals surface area contributed by atoms with E-state index in [0.717, 1.165) is 14.9 Å². The molecule has 30 heavy (non-hydrogen) atoms. The molecule has 2 heterocycles. The zero-order valence-electron chi connectivity index (χ0n) is 17.2. The highest BCUT2D eigenvalue weighted by Gasteiger charge is 2.22. The van der Waals surface area contributed by atoms with Crippen molar-refractivity contribution in [2.24, 2.45) is 0 Å². The third-order valence-electron chi connectivity index (χ3n) is 4.88. The molecule has 0 aliphatic carbocycles. The van der Waals surface area contributed by atoms with Gasteiger partial charge in [0, 0.05) is 18.7 Å². The molecule has 2 aromatic rings. The van der Waals surface area contributed by atoms with Crippen molar-refractivity contribution in [1.29, 1.82) is 0 Å². The third kappa shape index (κ3) is 5.22. The SMILES string of the molecule is COc1cc(C(C)C)c(Oc2cnc(NC(=O)N3CCC(O)CC3)nc2N)cc1I. The van der Waals surface area contributed by atoms with Gasteiger partial charge >= 0.3 is 6.03 Å². The highest BCUT2D eigenvalue weighted by Crippen LogP contribution is 2.37. The number of hydrogen-bond acceptors (Lipinski definition) is 7. The first-order chi connectivity index (χ1) is 14.3. The fourth-order valence-electron chi connectivity index (χ4n) is 3.13. The molecule has 1 aliphatic heterocycles. The molecule has 0 bridgehead atoms. The van der Waals surface area contributed by atoms with Crippen molar-refractivity contribution in [2.75, 3.05) is 31.2 Å². The number of ether oxygens (including phenoxy) is 2. The fourth-order valence-corrected chi connectivity index (χ4v) is 3.79. The number of benzene rings is 1. The van der Waals surface area contributed by atoms with E-state index in [2.05, 4.69) is 51.7 Å². The molecule has 1 fully saturated rings. The van der Waals surface area contributed by atoms with E-state index >= 15 is 0 Å². The molecule has 0 unspecified atom stereocenters. The maximum atomic E-state index is 12.3. The Hall–Kier alpha value is -2.34. The number of rotatable bonds is 5. The van der Waals surface area contributed by atoms with Gasteiger partial charge in [0.25, 0.3) is 0 Å². The highest BCUT2D eigenvalue weighted by atomic mass is 127. The monoisotopic (exact) mass is 527 g/mol. The number of nitrogens with two attached hydrogens (primary N) is 1. The van der Waals surface area contributed by atoms with E-state index in [1.165, 1.54) is 6.20 Å². The number of nitrogen functional groups attached to an aromatic ring is 1. The Kier molecular flexibility index (Phi) is 7.19. The fraction of sp³-hybridized carbons (Fsp3) is 0.450. The Morgan fingerprint density at radius 2 is 2.00 bits per heavy atom. The Bertz CT molecular complexity index is 916. The lowest BCUT2D eigenvalue weighted by Gasteiger charge is -2.29. The van der Waals surface area contributed by atoms with Crippen LogP contribution in [0.1, 0.15) is 38.2 Å². The zero-order chi connectivity index (χ0) is 21.8. The second kappa shape index (κ2) is 9.65. The van der Waals surface area contributed by atoms with Crippen LogP contribution in [0.4, 0.5) is 16.6 Å². The van der Waals surface area contributed by atoms with E-state index in [1.54, 1.807) is 12.0 Å². The largest absolute Gasteiger partial charge is 0.496 e. The van der Waals surface area contributed by atoms with Crippen molar-refractivity contribution in [2.45, 2.75) is 38.7 Å². The molecule has 3 rings (SSSR count). The van der Waals surface area contributed by atoms with Gasteiger partial charge in [0.15, 0.2) is 11.6 Å². The van der Waals surface area contributed by atoms with E-state index in [0.29, 0.717) is 37.4 Å². The number of likely N-dealkylation sites (tertiary alicyclic amines) is 1. The normalized spacial score (nSPS) is 14.7. The summed E-state index contributed by atoms with van der Waals surface area (Å²) in [4.78, 5) is 22.3. The summed E-state index contributed by atoms with van der Waals surface area (Å²) in [5.74, 6) is 2.15. The van der Waals surface area contributed by atoms with Crippen LogP contribution in [0.3, 0.4) is 0 Å². The van der Waals surface area contributed by atoms with Gasteiger partial charge in [0.1, 0.15) is 11.5 Å². The van der Waals surface area contributed by atoms with Crippen LogP contribution in [-0.4, -0.2) is 52.3 Å². The summed E-state index contributed by atoms with van der Waals surface area (Å²) in [6.45, 7) is 5.09. The molecule has 0 radical (unpaired) electrons. The number of carbonyl (C=O) groups is 1. The van der Waals surface area contributed by atoms with Crippen molar-refractivity contribution in [3.8, 4) is 17.2 Å².